The van der Waals surface area contributed by atoms with E-state index in [1.165, 1.54) is 35.0 Å². The van der Waals surface area contributed by atoms with Crippen molar-refractivity contribution >= 4 is 17.0 Å². The second kappa shape index (κ2) is 6.60. The van der Waals surface area contributed by atoms with Crippen LogP contribution in [0.3, 0.4) is 0 Å². The first kappa shape index (κ1) is 16.4. The van der Waals surface area contributed by atoms with E-state index in [-0.39, 0.29) is 6.54 Å². The van der Waals surface area contributed by atoms with Crippen LogP contribution in [0.1, 0.15) is 50.4 Å². The van der Waals surface area contributed by atoms with E-state index < -0.39 is 11.7 Å². The fourth-order valence-corrected chi connectivity index (χ4v) is 3.06. The molecule has 1 aromatic carbocycles. The maximum Gasteiger partial charge on any atom is 0.408 e. The number of ether oxygens (including phenoxy) is 1. The molecule has 4 heteroatoms. The highest BCUT2D eigenvalue weighted by atomic mass is 16.6. The van der Waals surface area contributed by atoms with Crippen LogP contribution in [0.2, 0.25) is 0 Å². The summed E-state index contributed by atoms with van der Waals surface area (Å²) in [6, 6.07) is 6.26. The molecule has 2 N–H and O–H groups in total. The van der Waals surface area contributed by atoms with Gasteiger partial charge < -0.3 is 15.0 Å². The summed E-state index contributed by atoms with van der Waals surface area (Å²) in [6.07, 6.45) is 4.38. The molecule has 1 amide bonds. The Hall–Kier alpha value is -2.41. The van der Waals surface area contributed by atoms with Gasteiger partial charge in [-0.1, -0.05) is 11.8 Å². The summed E-state index contributed by atoms with van der Waals surface area (Å²) < 4.78 is 5.18. The summed E-state index contributed by atoms with van der Waals surface area (Å²) in [5, 5.41) is 3.94. The lowest BCUT2D eigenvalue weighted by molar-refractivity contribution is 0.0535. The standard InChI is InChI=1S/C20H24N2O2/c1-20(2,3)24-19(23)21-12-6-7-14-10-11-18-16(13-14)15-8-4-5-9-17(15)22-18/h10-11,13,22H,4-5,8-9,12H2,1-3H3,(H,21,23). The number of aromatic nitrogens is 1. The summed E-state index contributed by atoms with van der Waals surface area (Å²) >= 11 is 0. The molecule has 1 aromatic heterocycles. The Kier molecular flexibility index (Phi) is 4.53. The lowest BCUT2D eigenvalue weighted by Gasteiger charge is -2.18. The fourth-order valence-electron chi connectivity index (χ4n) is 3.06. The van der Waals surface area contributed by atoms with Gasteiger partial charge in [0.1, 0.15) is 5.60 Å². The molecule has 0 saturated carbocycles. The highest BCUT2D eigenvalue weighted by Crippen LogP contribution is 2.29. The molecule has 126 valence electrons. The zero-order valence-corrected chi connectivity index (χ0v) is 14.6. The van der Waals surface area contributed by atoms with Crippen molar-refractivity contribution in [3.8, 4) is 11.8 Å². The lowest BCUT2D eigenvalue weighted by Crippen LogP contribution is -2.32. The second-order valence-corrected chi connectivity index (χ2v) is 7.21. The van der Waals surface area contributed by atoms with Gasteiger partial charge in [0, 0.05) is 22.2 Å². The summed E-state index contributed by atoms with van der Waals surface area (Å²) in [5.74, 6) is 6.10. The van der Waals surface area contributed by atoms with E-state index in [0.717, 1.165) is 18.4 Å². The molecule has 2 aromatic rings. The first-order valence-electron chi connectivity index (χ1n) is 8.51. The molecule has 1 heterocycles. The molecular formula is C20H24N2O2. The number of H-pyrrole nitrogens is 1. The smallest absolute Gasteiger partial charge is 0.408 e. The minimum atomic E-state index is -0.490. The summed E-state index contributed by atoms with van der Waals surface area (Å²) in [5.41, 5.74) is 4.51. The van der Waals surface area contributed by atoms with Crippen LogP contribution in [-0.2, 0) is 17.6 Å². The molecule has 0 radical (unpaired) electrons. The third-order valence-corrected chi connectivity index (χ3v) is 4.05. The van der Waals surface area contributed by atoms with Crippen molar-refractivity contribution in [1.82, 2.24) is 10.3 Å². The minimum Gasteiger partial charge on any atom is -0.444 e. The quantitative estimate of drug-likeness (QED) is 0.781. The van der Waals surface area contributed by atoms with Gasteiger partial charge in [-0.05, 0) is 70.2 Å². The largest absolute Gasteiger partial charge is 0.444 e. The molecule has 3 rings (SSSR count). The van der Waals surface area contributed by atoms with Crippen LogP contribution in [0.5, 0.6) is 0 Å². The first-order valence-corrected chi connectivity index (χ1v) is 8.51. The fraction of sp³-hybridized carbons (Fsp3) is 0.450. The number of benzene rings is 1. The Morgan fingerprint density at radius 1 is 1.29 bits per heavy atom. The molecule has 0 atom stereocenters. The van der Waals surface area contributed by atoms with Crippen LogP contribution in [0.15, 0.2) is 18.2 Å². The van der Waals surface area contributed by atoms with Gasteiger partial charge in [-0.2, -0.15) is 0 Å². The number of rotatable bonds is 1. The number of alkyl carbamates (subject to hydrolysis) is 1. The van der Waals surface area contributed by atoms with Gasteiger partial charge in [0.15, 0.2) is 0 Å². The van der Waals surface area contributed by atoms with Gasteiger partial charge in [-0.3, -0.25) is 0 Å². The highest BCUT2D eigenvalue weighted by molar-refractivity contribution is 5.86. The molecule has 0 bridgehead atoms. The molecule has 24 heavy (non-hydrogen) atoms. The maximum absolute atomic E-state index is 11.6. The van der Waals surface area contributed by atoms with Crippen molar-refractivity contribution in [2.24, 2.45) is 0 Å². The summed E-state index contributed by atoms with van der Waals surface area (Å²) in [6.45, 7) is 5.79. The topological polar surface area (TPSA) is 54.1 Å². The van der Waals surface area contributed by atoms with E-state index in [2.05, 4.69) is 34.3 Å². The third-order valence-electron chi connectivity index (χ3n) is 4.05. The van der Waals surface area contributed by atoms with Gasteiger partial charge in [0.25, 0.3) is 0 Å². The Morgan fingerprint density at radius 2 is 2.08 bits per heavy atom. The van der Waals surface area contributed by atoms with Crippen LogP contribution in [0, 0.1) is 11.8 Å². The number of amides is 1. The molecule has 0 spiro atoms. The monoisotopic (exact) mass is 324 g/mol. The van der Waals surface area contributed by atoms with Crippen LogP contribution in [0.4, 0.5) is 4.79 Å². The van der Waals surface area contributed by atoms with Gasteiger partial charge in [0.05, 0.1) is 6.54 Å². The number of aromatic amines is 1. The Labute approximate surface area is 143 Å². The van der Waals surface area contributed by atoms with Crippen molar-refractivity contribution < 1.29 is 9.53 Å². The zero-order chi connectivity index (χ0) is 17.2. The van der Waals surface area contributed by atoms with Gasteiger partial charge >= 0.3 is 6.09 Å². The van der Waals surface area contributed by atoms with Crippen molar-refractivity contribution in [3.63, 3.8) is 0 Å². The van der Waals surface area contributed by atoms with E-state index in [4.69, 9.17) is 4.74 Å². The molecule has 4 nitrogen and oxygen atoms in total. The lowest BCUT2D eigenvalue weighted by atomic mass is 9.95. The van der Waals surface area contributed by atoms with Crippen molar-refractivity contribution in [3.05, 3.63) is 35.0 Å². The third kappa shape index (κ3) is 3.91. The van der Waals surface area contributed by atoms with Crippen LogP contribution >= 0.6 is 0 Å². The Balaban J connectivity index is 1.67. The number of carbonyl (C=O) groups is 1. The summed E-state index contributed by atoms with van der Waals surface area (Å²) in [7, 11) is 0. The molecule has 0 saturated heterocycles. The Morgan fingerprint density at radius 3 is 2.88 bits per heavy atom. The van der Waals surface area contributed by atoms with E-state index in [1.807, 2.05) is 26.8 Å². The van der Waals surface area contributed by atoms with Crippen LogP contribution in [0.25, 0.3) is 10.9 Å². The number of fused-ring (bicyclic) bond motifs is 3. The molecule has 1 aliphatic rings. The van der Waals surface area contributed by atoms with Gasteiger partial charge in [0.2, 0.25) is 0 Å². The van der Waals surface area contributed by atoms with E-state index in [0.29, 0.717) is 0 Å². The first-order chi connectivity index (χ1) is 11.4. The number of nitrogens with one attached hydrogen (secondary N) is 2. The molecule has 0 unspecified atom stereocenters. The molecule has 0 aliphatic heterocycles. The molecule has 1 aliphatic carbocycles. The SMILES string of the molecule is CC(C)(C)OC(=O)NCC#Cc1ccc2[nH]c3c(c2c1)CCCC3. The predicted octanol–water partition coefficient (Wildman–Crippen LogP) is 3.92. The van der Waals surface area contributed by atoms with Crippen LogP contribution < -0.4 is 5.32 Å². The normalized spacial score (nSPS) is 13.8. The van der Waals surface area contributed by atoms with Crippen molar-refractivity contribution in [2.75, 3.05) is 6.54 Å². The maximum atomic E-state index is 11.6. The van der Waals surface area contributed by atoms with Crippen molar-refractivity contribution in [1.29, 1.82) is 0 Å². The highest BCUT2D eigenvalue weighted by Gasteiger charge is 2.16. The zero-order valence-electron chi connectivity index (χ0n) is 14.6. The second-order valence-electron chi connectivity index (χ2n) is 7.21. The Bertz CT molecular complexity index is 816. The number of hydrogen-bond acceptors (Lipinski definition) is 2. The van der Waals surface area contributed by atoms with Gasteiger partial charge in [-0.15, -0.1) is 0 Å². The van der Waals surface area contributed by atoms with E-state index >= 15 is 0 Å². The molecule has 0 fully saturated rings. The van der Waals surface area contributed by atoms with E-state index in [1.54, 1.807) is 0 Å². The number of carbonyl (C=O) groups excluding carboxylic acids is 1. The van der Waals surface area contributed by atoms with Gasteiger partial charge in [-0.25, -0.2) is 4.79 Å². The van der Waals surface area contributed by atoms with E-state index in [9.17, 15) is 4.79 Å². The average Bonchev–Trinajstić information content (AvgIpc) is 2.88. The average molecular weight is 324 g/mol. The number of aryl methyl sites for hydroxylation is 2. The summed E-state index contributed by atoms with van der Waals surface area (Å²) in [4.78, 5) is 15.1. The predicted molar refractivity (Wildman–Crippen MR) is 96.1 cm³/mol. The number of hydrogen-bond donors (Lipinski definition) is 2. The van der Waals surface area contributed by atoms with Crippen molar-refractivity contribution in [2.45, 2.75) is 52.1 Å². The van der Waals surface area contributed by atoms with Crippen LogP contribution in [-0.4, -0.2) is 23.2 Å². The minimum absolute atomic E-state index is 0.276. The molecular weight excluding hydrogens is 300 g/mol.